The third-order valence-electron chi connectivity index (χ3n) is 1.35. The predicted molar refractivity (Wildman–Crippen MR) is 52.8 cm³/mol. The number of rotatable bonds is 1. The Morgan fingerprint density at radius 3 is 2.08 bits per heavy atom. The van der Waals surface area contributed by atoms with E-state index < -0.39 is 8.25 Å². The van der Waals surface area contributed by atoms with E-state index in [2.05, 4.69) is 0 Å². The molecule has 0 amide bonds. The van der Waals surface area contributed by atoms with Gasteiger partial charge in [-0.2, -0.15) is 0 Å². The molecule has 0 aromatic rings. The van der Waals surface area contributed by atoms with Gasteiger partial charge in [0.15, 0.2) is 0 Å². The van der Waals surface area contributed by atoms with Crippen molar-refractivity contribution in [2.75, 3.05) is 19.8 Å². The van der Waals surface area contributed by atoms with Crippen molar-refractivity contribution >= 4 is 8.25 Å². The fraction of sp³-hybridized carbons (Fsp3) is 1.00. The van der Waals surface area contributed by atoms with Crippen molar-refractivity contribution in [3.63, 3.8) is 0 Å². The molecule has 0 saturated carbocycles. The maximum atomic E-state index is 10.4. The standard InChI is InChI=1S/C4H9O3P.C3H10N2/c5-8-6-3-1-2-4-7-8;1-3(5)2-4/h8H,1-4H2;3H,2,4-5H2,1H3. The second-order valence-corrected chi connectivity index (χ2v) is 3.94. The zero-order chi connectivity index (χ0) is 10.1. The van der Waals surface area contributed by atoms with E-state index in [0.29, 0.717) is 19.8 Å². The fourth-order valence-corrected chi connectivity index (χ4v) is 1.26. The Hall–Kier alpha value is 0.0700. The lowest BCUT2D eigenvalue weighted by atomic mass is 10.3. The fourth-order valence-electron chi connectivity index (χ4n) is 0.557. The van der Waals surface area contributed by atoms with Crippen LogP contribution in [-0.2, 0) is 13.6 Å². The molecule has 1 saturated heterocycles. The van der Waals surface area contributed by atoms with E-state index in [1.165, 1.54) is 0 Å². The minimum atomic E-state index is -2.08. The van der Waals surface area contributed by atoms with Gasteiger partial charge in [0.05, 0.1) is 13.2 Å². The summed E-state index contributed by atoms with van der Waals surface area (Å²) >= 11 is 0. The van der Waals surface area contributed by atoms with Gasteiger partial charge in [0, 0.05) is 12.6 Å². The lowest BCUT2D eigenvalue weighted by Gasteiger charge is -1.94. The summed E-state index contributed by atoms with van der Waals surface area (Å²) in [6, 6.07) is 0.162. The molecule has 6 heteroatoms. The first kappa shape index (κ1) is 13.1. The summed E-state index contributed by atoms with van der Waals surface area (Å²) in [5.41, 5.74) is 10.2. The molecule has 1 fully saturated rings. The van der Waals surface area contributed by atoms with Crippen LogP contribution in [0.3, 0.4) is 0 Å². The SMILES string of the molecule is CC(N)CN.O=[PH]1OCCCCO1. The van der Waals surface area contributed by atoms with Crippen molar-refractivity contribution in [2.45, 2.75) is 25.8 Å². The highest BCUT2D eigenvalue weighted by Gasteiger charge is 2.03. The minimum absolute atomic E-state index is 0.162. The molecule has 1 atom stereocenters. The summed E-state index contributed by atoms with van der Waals surface area (Å²) in [6.45, 7) is 3.65. The van der Waals surface area contributed by atoms with E-state index in [-0.39, 0.29) is 6.04 Å². The Morgan fingerprint density at radius 1 is 1.38 bits per heavy atom. The molecule has 80 valence electrons. The lowest BCUT2D eigenvalue weighted by Crippen LogP contribution is -2.25. The van der Waals surface area contributed by atoms with Crippen LogP contribution < -0.4 is 11.5 Å². The summed E-state index contributed by atoms with van der Waals surface area (Å²) < 4.78 is 19.9. The van der Waals surface area contributed by atoms with Gasteiger partial charge in [0.1, 0.15) is 0 Å². The second kappa shape index (κ2) is 8.66. The Morgan fingerprint density at radius 2 is 1.77 bits per heavy atom. The van der Waals surface area contributed by atoms with Crippen molar-refractivity contribution in [2.24, 2.45) is 11.5 Å². The second-order valence-electron chi connectivity index (χ2n) is 2.87. The molecule has 5 nitrogen and oxygen atoms in total. The molecule has 1 rings (SSSR count). The van der Waals surface area contributed by atoms with Crippen LogP contribution in [0.5, 0.6) is 0 Å². The van der Waals surface area contributed by atoms with Crippen LogP contribution in [0.15, 0.2) is 0 Å². The summed E-state index contributed by atoms with van der Waals surface area (Å²) in [6.07, 6.45) is 1.94. The smallest absolute Gasteiger partial charge is 0.319 e. The van der Waals surface area contributed by atoms with Gasteiger partial charge in [-0.15, -0.1) is 0 Å². The zero-order valence-corrected chi connectivity index (χ0v) is 8.99. The first-order chi connectivity index (χ1) is 6.16. The predicted octanol–water partition coefficient (Wildman–Crippen LogP) is 0.495. The Labute approximate surface area is 79.7 Å². The minimum Gasteiger partial charge on any atom is -0.329 e. The Balaban J connectivity index is 0.000000252. The van der Waals surface area contributed by atoms with Crippen LogP contribution in [-0.4, -0.2) is 25.8 Å². The molecule has 0 spiro atoms. The molecule has 0 aromatic heterocycles. The average molecular weight is 210 g/mol. The van der Waals surface area contributed by atoms with Crippen LogP contribution >= 0.6 is 8.25 Å². The van der Waals surface area contributed by atoms with Crippen LogP contribution in [0, 0.1) is 0 Å². The van der Waals surface area contributed by atoms with Crippen LogP contribution in [0.2, 0.25) is 0 Å². The van der Waals surface area contributed by atoms with Crippen molar-refractivity contribution < 1.29 is 13.6 Å². The summed E-state index contributed by atoms with van der Waals surface area (Å²) in [5, 5.41) is 0. The van der Waals surface area contributed by atoms with Gasteiger partial charge in [-0.05, 0) is 19.8 Å². The van der Waals surface area contributed by atoms with Gasteiger partial charge in [-0.1, -0.05) is 0 Å². The molecule has 1 unspecified atom stereocenters. The Kier molecular flexibility index (Phi) is 8.71. The molecular weight excluding hydrogens is 191 g/mol. The first-order valence-corrected chi connectivity index (χ1v) is 5.64. The zero-order valence-electron chi connectivity index (χ0n) is 7.99. The average Bonchev–Trinajstić information content (AvgIpc) is 2.33. The number of nitrogens with two attached hydrogens (primary N) is 2. The maximum Gasteiger partial charge on any atom is 0.319 e. The van der Waals surface area contributed by atoms with E-state index in [9.17, 15) is 4.57 Å². The highest BCUT2D eigenvalue weighted by Crippen LogP contribution is 2.26. The highest BCUT2D eigenvalue weighted by atomic mass is 31.1. The van der Waals surface area contributed by atoms with Crippen molar-refractivity contribution in [3.8, 4) is 0 Å². The topological polar surface area (TPSA) is 87.6 Å². The van der Waals surface area contributed by atoms with Gasteiger partial charge >= 0.3 is 8.25 Å². The lowest BCUT2D eigenvalue weighted by molar-refractivity contribution is 0.263. The molecule has 13 heavy (non-hydrogen) atoms. The van der Waals surface area contributed by atoms with Crippen LogP contribution in [0.1, 0.15) is 19.8 Å². The highest BCUT2D eigenvalue weighted by molar-refractivity contribution is 7.33. The van der Waals surface area contributed by atoms with Gasteiger partial charge in [-0.3, -0.25) is 4.57 Å². The van der Waals surface area contributed by atoms with Gasteiger partial charge < -0.3 is 20.5 Å². The van der Waals surface area contributed by atoms with Crippen LogP contribution in [0.4, 0.5) is 0 Å². The summed E-state index contributed by atoms with van der Waals surface area (Å²) in [4.78, 5) is 0. The molecule has 1 aliphatic heterocycles. The van der Waals surface area contributed by atoms with Crippen molar-refractivity contribution in [1.29, 1.82) is 0 Å². The van der Waals surface area contributed by atoms with Gasteiger partial charge in [0.2, 0.25) is 0 Å². The van der Waals surface area contributed by atoms with E-state index >= 15 is 0 Å². The van der Waals surface area contributed by atoms with E-state index in [1.54, 1.807) is 0 Å². The Bertz CT molecular complexity index is 134. The monoisotopic (exact) mass is 210 g/mol. The summed E-state index contributed by atoms with van der Waals surface area (Å²) in [5.74, 6) is 0. The van der Waals surface area contributed by atoms with Gasteiger partial charge in [0.25, 0.3) is 0 Å². The first-order valence-electron chi connectivity index (χ1n) is 4.42. The molecule has 1 aliphatic rings. The molecule has 4 N–H and O–H groups in total. The van der Waals surface area contributed by atoms with E-state index in [4.69, 9.17) is 20.5 Å². The molecule has 1 heterocycles. The molecule has 0 radical (unpaired) electrons. The van der Waals surface area contributed by atoms with Crippen LogP contribution in [0.25, 0.3) is 0 Å². The van der Waals surface area contributed by atoms with Crippen molar-refractivity contribution in [3.05, 3.63) is 0 Å². The quantitative estimate of drug-likeness (QED) is 0.615. The number of hydrogen-bond acceptors (Lipinski definition) is 5. The third-order valence-corrected chi connectivity index (χ3v) is 2.23. The van der Waals surface area contributed by atoms with Crippen molar-refractivity contribution in [1.82, 2.24) is 0 Å². The largest absolute Gasteiger partial charge is 0.329 e. The number of hydrogen-bond donors (Lipinski definition) is 2. The summed E-state index contributed by atoms with van der Waals surface area (Å²) in [7, 11) is -2.08. The maximum absolute atomic E-state index is 10.4. The normalized spacial score (nSPS) is 21.2. The molecule has 0 aliphatic carbocycles. The molecular formula is C7H19N2O3P. The van der Waals surface area contributed by atoms with E-state index in [1.807, 2.05) is 6.92 Å². The molecule has 0 bridgehead atoms. The van der Waals surface area contributed by atoms with E-state index in [0.717, 1.165) is 12.8 Å². The van der Waals surface area contributed by atoms with Gasteiger partial charge in [-0.25, -0.2) is 0 Å². The molecule has 0 aromatic carbocycles. The third kappa shape index (κ3) is 9.99.